The second-order valence-corrected chi connectivity index (χ2v) is 12.6. The summed E-state index contributed by atoms with van der Waals surface area (Å²) in [6.07, 6.45) is 3.36. The van der Waals surface area contributed by atoms with E-state index >= 15 is 0 Å². The minimum absolute atomic E-state index is 0.00197. The van der Waals surface area contributed by atoms with E-state index in [4.69, 9.17) is 25.3 Å². The highest BCUT2D eigenvalue weighted by molar-refractivity contribution is 6.38. The van der Waals surface area contributed by atoms with Crippen molar-refractivity contribution in [2.45, 2.75) is 37.8 Å². The van der Waals surface area contributed by atoms with E-state index in [2.05, 4.69) is 28.8 Å². The Labute approximate surface area is 301 Å². The third kappa shape index (κ3) is 8.21. The first kappa shape index (κ1) is 37.8. The van der Waals surface area contributed by atoms with Crippen LogP contribution in [0.3, 0.4) is 0 Å². The molecule has 272 valence electrons. The predicted octanol–water partition coefficient (Wildman–Crippen LogP) is -0.842. The molecule has 4 aliphatic heterocycles. The van der Waals surface area contributed by atoms with Crippen molar-refractivity contribution < 1.29 is 48.5 Å². The van der Waals surface area contributed by atoms with Crippen LogP contribution in [0.4, 0.5) is 10.5 Å². The summed E-state index contributed by atoms with van der Waals surface area (Å²) in [4.78, 5) is 71.3. The maximum atomic E-state index is 13.6. The van der Waals surface area contributed by atoms with Crippen LogP contribution in [0.1, 0.15) is 5.56 Å². The van der Waals surface area contributed by atoms with Gasteiger partial charge in [-0.05, 0) is 24.5 Å². The molecule has 0 spiro atoms. The van der Waals surface area contributed by atoms with Crippen LogP contribution in [0.5, 0.6) is 0 Å². The van der Waals surface area contributed by atoms with Crippen molar-refractivity contribution in [3.63, 3.8) is 0 Å². The number of hydrogen-bond donors (Lipinski definition) is 6. The molecule has 52 heavy (non-hydrogen) atoms. The zero-order valence-corrected chi connectivity index (χ0v) is 28.5. The quantitative estimate of drug-likeness (QED) is 0.0590. The molecule has 0 saturated carbocycles. The first-order valence-corrected chi connectivity index (χ1v) is 16.8. The number of guanidine groups is 1. The number of para-hydroxylation sites is 1. The first-order valence-electron chi connectivity index (χ1n) is 16.8. The molecule has 4 heterocycles. The Morgan fingerprint density at radius 2 is 1.25 bits per heavy atom. The molecule has 15 nitrogen and oxygen atoms in total. The number of nitrogens with zero attached hydrogens (tertiary/aromatic N) is 2. The van der Waals surface area contributed by atoms with Crippen molar-refractivity contribution in [3.05, 3.63) is 104 Å². The third-order valence-corrected chi connectivity index (χ3v) is 9.09. The molecule has 2 aromatic rings. The lowest BCUT2D eigenvalue weighted by Crippen LogP contribution is -2.81. The van der Waals surface area contributed by atoms with Gasteiger partial charge in [0.05, 0.1) is 67.7 Å². The summed E-state index contributed by atoms with van der Waals surface area (Å²) in [5, 5.41) is 20.3. The summed E-state index contributed by atoms with van der Waals surface area (Å²) in [6.45, 7) is 9.13. The Morgan fingerprint density at radius 1 is 0.808 bits per heavy atom. The highest BCUT2D eigenvalue weighted by Gasteiger charge is 2.60. The van der Waals surface area contributed by atoms with E-state index in [-0.39, 0.29) is 37.4 Å². The van der Waals surface area contributed by atoms with Crippen LogP contribution < -0.4 is 21.4 Å². The van der Waals surface area contributed by atoms with Gasteiger partial charge in [0.25, 0.3) is 0 Å². The van der Waals surface area contributed by atoms with Crippen LogP contribution in [0.15, 0.2) is 98.1 Å². The topological polar surface area (TPSA) is 215 Å². The second-order valence-electron chi connectivity index (χ2n) is 12.6. The zero-order chi connectivity index (χ0) is 37.5. The van der Waals surface area contributed by atoms with Gasteiger partial charge in [-0.1, -0.05) is 72.8 Å². The molecule has 4 saturated heterocycles. The number of carbonyl (C=O) groups excluding carboxylic acids is 5. The predicted molar refractivity (Wildman–Crippen MR) is 189 cm³/mol. The van der Waals surface area contributed by atoms with Crippen molar-refractivity contribution in [3.8, 4) is 0 Å². The number of urea groups is 1. The normalized spacial score (nSPS) is 28.0. The zero-order valence-electron chi connectivity index (χ0n) is 28.5. The summed E-state index contributed by atoms with van der Waals surface area (Å²) in [7, 11) is -1.17. The molecule has 0 bridgehead atoms. The largest absolute Gasteiger partial charge is 0.448 e. The highest BCUT2D eigenvalue weighted by Crippen LogP contribution is 2.44. The third-order valence-electron chi connectivity index (χ3n) is 9.09. The minimum atomic E-state index is -1.17. The average molecular weight is 714 g/mol. The molecule has 4 aliphatic rings. The number of benzene rings is 2. The molecule has 4 fully saturated rings. The molecule has 7 N–H and O–H groups in total. The number of carbonyl (C=O) groups is 5. The monoisotopic (exact) mass is 713 g/mol. The van der Waals surface area contributed by atoms with Crippen LogP contribution in [0.25, 0.3) is 0 Å². The summed E-state index contributed by atoms with van der Waals surface area (Å²) >= 11 is 0. The Bertz CT molecular complexity index is 1740. The van der Waals surface area contributed by atoms with Crippen LogP contribution in [0.2, 0.25) is 6.82 Å². The fourth-order valence-electron chi connectivity index (χ4n) is 6.88. The number of nitrogens with one attached hydrogen (secondary N) is 3. The molecule has 0 aliphatic carbocycles. The van der Waals surface area contributed by atoms with Crippen molar-refractivity contribution >= 4 is 48.4 Å². The lowest BCUT2D eigenvalue weighted by Gasteiger charge is -2.20. The Balaban J connectivity index is 0.00000124. The number of ether oxygens (including phenoxy) is 2. The number of anilines is 1. The van der Waals surface area contributed by atoms with Crippen molar-refractivity contribution in [1.29, 1.82) is 0 Å². The average Bonchev–Trinajstić information content (AvgIpc) is 3.81. The number of amides is 6. The van der Waals surface area contributed by atoms with Crippen LogP contribution in [-0.4, -0.2) is 100 Å². The van der Waals surface area contributed by atoms with Gasteiger partial charge in [0.2, 0.25) is 23.6 Å². The van der Waals surface area contributed by atoms with E-state index in [1.165, 1.54) is 23.9 Å². The van der Waals surface area contributed by atoms with Gasteiger partial charge < -0.3 is 19.5 Å². The highest BCUT2D eigenvalue weighted by atomic mass is 16.5. The van der Waals surface area contributed by atoms with E-state index in [0.29, 0.717) is 5.69 Å². The van der Waals surface area contributed by atoms with Gasteiger partial charge in [-0.15, -0.1) is 13.2 Å². The number of likely N-dealkylation sites (tertiary alicyclic amines) is 2. The summed E-state index contributed by atoms with van der Waals surface area (Å²) in [5.74, 6) is -4.61. The molecule has 6 rings (SSSR count). The maximum Gasteiger partial charge on any atom is 0.448 e. The fraction of sp³-hybridized carbons (Fsp3) is 0.333. The molecule has 6 amide bonds. The Hall–Kier alpha value is -5.42. The molecule has 0 radical (unpaired) electrons. The number of fused-ring (bicyclic) bond motifs is 2. The second kappa shape index (κ2) is 16.7. The van der Waals surface area contributed by atoms with E-state index in [0.717, 1.165) is 10.5 Å². The van der Waals surface area contributed by atoms with Gasteiger partial charge in [-0.3, -0.25) is 45.0 Å². The van der Waals surface area contributed by atoms with Gasteiger partial charge in [0, 0.05) is 5.69 Å². The van der Waals surface area contributed by atoms with E-state index in [1.54, 1.807) is 36.4 Å². The van der Waals surface area contributed by atoms with Crippen LogP contribution in [0, 0.1) is 23.7 Å². The van der Waals surface area contributed by atoms with Crippen molar-refractivity contribution in [2.24, 2.45) is 29.4 Å². The maximum absolute atomic E-state index is 13.6. The molecular weight excluding hydrogens is 671 g/mol. The summed E-state index contributed by atoms with van der Waals surface area (Å²) in [6, 6.07) is 17.5. The molecule has 8 unspecified atom stereocenters. The lowest BCUT2D eigenvalue weighted by atomic mass is 9.87. The number of imide groups is 2. The molecule has 16 heteroatoms. The van der Waals surface area contributed by atoms with Gasteiger partial charge in [0.15, 0.2) is 0 Å². The molecular formula is C36H42BN6O9+. The molecule has 8 atom stereocenters. The smallest absolute Gasteiger partial charge is 0.427 e. The van der Waals surface area contributed by atoms with Gasteiger partial charge in [-0.25, -0.2) is 4.79 Å². The van der Waals surface area contributed by atoms with E-state index < -0.39 is 73.1 Å². The standard InChI is InChI=1S/C35H36N6O7.CH5BO2/c1-3-22-26-28(31(43)40(30(26)42)18-17-37-34(36)39-35(46)38-21-13-9-6-10-14-21)24(47-22)15-16-25-29-27(23(4-2)48-25)32(44)41(33(29)45)19-20-11-7-5-8-12-20;1-2(3)4/h3-16,22-29H,1-2,17-19H2,(H4,36,37,38,39,46);3-4H,1H3/p+1/b16-15-;. The Morgan fingerprint density at radius 3 is 1.73 bits per heavy atom. The lowest BCUT2D eigenvalue weighted by molar-refractivity contribution is -0.459. The minimum Gasteiger partial charge on any atom is -0.427 e. The molecule has 0 aromatic heterocycles. The van der Waals surface area contributed by atoms with Crippen molar-refractivity contribution in [1.82, 2.24) is 15.1 Å². The van der Waals surface area contributed by atoms with Crippen molar-refractivity contribution in [2.75, 3.05) is 18.4 Å². The summed E-state index contributed by atoms with van der Waals surface area (Å²) in [5.41, 5.74) is 7.31. The fourth-order valence-corrected chi connectivity index (χ4v) is 6.88. The number of nitrogens with two attached hydrogens (primary N) is 1. The first-order chi connectivity index (χ1) is 24.9. The van der Waals surface area contributed by atoms with Gasteiger partial charge in [-0.2, -0.15) is 5.32 Å². The molecule has 2 aromatic carbocycles. The van der Waals surface area contributed by atoms with Crippen LogP contribution >= 0.6 is 0 Å². The Kier molecular flexibility index (Phi) is 12.2. The number of hydrogen-bond acceptors (Lipinski definition) is 9. The van der Waals surface area contributed by atoms with Crippen LogP contribution in [-0.2, 0) is 35.2 Å². The van der Waals surface area contributed by atoms with Gasteiger partial charge >= 0.3 is 19.1 Å². The summed E-state index contributed by atoms with van der Waals surface area (Å²) < 4.78 is 12.1. The van der Waals surface area contributed by atoms with E-state index in [1.807, 2.05) is 36.4 Å². The SMILES string of the molecule is C=CC1OC(/C=C\C2OC(C=C)C3C(=O)N(Cc4ccccc4)C(=O)C23)C2C(=O)N(CC[NH+]=C(N)NC(=O)Nc3ccccc3)C(=O)C12.CB(O)O. The van der Waals surface area contributed by atoms with Gasteiger partial charge in [0.1, 0.15) is 0 Å². The number of rotatable bonds is 10. The van der Waals surface area contributed by atoms with E-state index in [9.17, 15) is 24.0 Å².